The average molecular weight is 721 g/mol. The van der Waals surface area contributed by atoms with Crippen LogP contribution in [0, 0.1) is 0 Å². The molecule has 0 N–H and O–H groups in total. The predicted octanol–water partition coefficient (Wildman–Crippen LogP) is 15.8. The number of hydrogen-bond donors (Lipinski definition) is 0. The first-order valence-corrected chi connectivity index (χ1v) is 20.0. The highest BCUT2D eigenvalue weighted by Gasteiger charge is 2.28. The van der Waals surface area contributed by atoms with Crippen LogP contribution in [0.3, 0.4) is 0 Å². The molecule has 0 heterocycles. The van der Waals surface area contributed by atoms with Gasteiger partial charge < -0.3 is 0 Å². The molecular formula is C57H36. The third-order valence-electron chi connectivity index (χ3n) is 12.4. The first-order chi connectivity index (χ1) is 28.3. The summed E-state index contributed by atoms with van der Waals surface area (Å²) < 4.78 is 0. The normalized spacial score (nSPS) is 12.4. The van der Waals surface area contributed by atoms with Gasteiger partial charge in [0, 0.05) is 0 Å². The standard InChI is InChI=1S/C57H36/c1-3-17-37(18-4-1)54-49-31-15-21-36-22-16-32-50(52(36)49)55(38-19-5-2-6-20-38)57(54)56-47-29-13-11-27-45(47)53(46-28-12-14-30-48(46)56)39-33-34-44-42-25-8-7-23-40(42)41-24-9-10-26-43(41)51(44)35-39/h1-21,23-35H,22H2. The highest BCUT2D eigenvalue weighted by Crippen LogP contribution is 2.54. The van der Waals surface area contributed by atoms with Crippen molar-refractivity contribution >= 4 is 70.7 Å². The highest BCUT2D eigenvalue weighted by molar-refractivity contribution is 6.29. The molecule has 0 heteroatoms. The van der Waals surface area contributed by atoms with E-state index in [-0.39, 0.29) is 0 Å². The second-order valence-corrected chi connectivity index (χ2v) is 15.4. The van der Waals surface area contributed by atoms with Gasteiger partial charge in [-0.2, -0.15) is 0 Å². The summed E-state index contributed by atoms with van der Waals surface area (Å²) in [5.41, 5.74) is 12.8. The van der Waals surface area contributed by atoms with E-state index in [1.807, 2.05) is 0 Å². The molecule has 0 fully saturated rings. The van der Waals surface area contributed by atoms with E-state index in [0.717, 1.165) is 6.42 Å². The van der Waals surface area contributed by atoms with Crippen molar-refractivity contribution in [2.75, 3.05) is 0 Å². The number of allylic oxidation sites excluding steroid dienone is 1. The monoisotopic (exact) mass is 720 g/mol. The molecule has 0 nitrogen and oxygen atoms in total. The Kier molecular flexibility index (Phi) is 7.09. The second kappa shape index (κ2) is 12.6. The van der Waals surface area contributed by atoms with Gasteiger partial charge in [-0.05, 0) is 133 Å². The Labute approximate surface area is 331 Å². The zero-order chi connectivity index (χ0) is 37.5. The fourth-order valence-electron chi connectivity index (χ4n) is 10.1. The minimum absolute atomic E-state index is 0.934. The van der Waals surface area contributed by atoms with Crippen LogP contribution in [-0.4, -0.2) is 0 Å². The summed E-state index contributed by atoms with van der Waals surface area (Å²) in [6.45, 7) is 0. The molecule has 11 aromatic carbocycles. The maximum Gasteiger partial charge on any atom is -0.000183 e. The van der Waals surface area contributed by atoms with Gasteiger partial charge >= 0.3 is 0 Å². The summed E-state index contributed by atoms with van der Waals surface area (Å²) in [4.78, 5) is 0. The molecule has 0 amide bonds. The van der Waals surface area contributed by atoms with Crippen molar-refractivity contribution in [3.05, 3.63) is 211 Å². The quantitative estimate of drug-likeness (QED) is 0.125. The fraction of sp³-hybridized carbons (Fsp3) is 0.0175. The van der Waals surface area contributed by atoms with Crippen molar-refractivity contribution in [3.63, 3.8) is 0 Å². The van der Waals surface area contributed by atoms with Crippen LogP contribution in [0.1, 0.15) is 11.1 Å². The summed E-state index contributed by atoms with van der Waals surface area (Å²) in [6, 6.07) is 72.3. The molecule has 0 saturated carbocycles. The molecule has 1 aliphatic carbocycles. The largest absolute Gasteiger partial charge is 0.0795 e. The maximum absolute atomic E-state index is 2.45. The van der Waals surface area contributed by atoms with E-state index < -0.39 is 0 Å². The van der Waals surface area contributed by atoms with Crippen LogP contribution in [-0.2, 0) is 6.42 Å². The Hall–Kier alpha value is -7.28. The van der Waals surface area contributed by atoms with Crippen LogP contribution in [0.25, 0.3) is 115 Å². The highest BCUT2D eigenvalue weighted by atomic mass is 14.3. The SMILES string of the molecule is C1=Cc2c(-c3ccccc3)c(-c3c4ccccc4c(-c4ccc5c6ccccc6c6ccccc6c5c4)c4ccccc34)c(-c3ccccc3)c3cccc(c23)C1. The lowest BCUT2D eigenvalue weighted by molar-refractivity contribution is 1.29. The predicted molar refractivity (Wildman–Crippen MR) is 246 cm³/mol. The van der Waals surface area contributed by atoms with Gasteiger partial charge in [-0.3, -0.25) is 0 Å². The van der Waals surface area contributed by atoms with E-state index in [1.54, 1.807) is 0 Å². The van der Waals surface area contributed by atoms with Gasteiger partial charge in [-0.15, -0.1) is 0 Å². The summed E-state index contributed by atoms with van der Waals surface area (Å²) in [5, 5.41) is 15.4. The zero-order valence-corrected chi connectivity index (χ0v) is 31.3. The smallest absolute Gasteiger partial charge is 0.000183 e. The Morgan fingerprint density at radius 3 is 1.30 bits per heavy atom. The lowest BCUT2D eigenvalue weighted by Gasteiger charge is -2.27. The fourth-order valence-corrected chi connectivity index (χ4v) is 10.1. The maximum atomic E-state index is 2.45. The Morgan fingerprint density at radius 2 is 0.719 bits per heavy atom. The van der Waals surface area contributed by atoms with Crippen LogP contribution >= 0.6 is 0 Å². The molecule has 57 heavy (non-hydrogen) atoms. The van der Waals surface area contributed by atoms with E-state index in [4.69, 9.17) is 0 Å². The first-order valence-electron chi connectivity index (χ1n) is 20.0. The van der Waals surface area contributed by atoms with E-state index in [9.17, 15) is 0 Å². The first kappa shape index (κ1) is 32.0. The number of fused-ring (bicyclic) bond motifs is 8. The lowest BCUT2D eigenvalue weighted by atomic mass is 9.75. The van der Waals surface area contributed by atoms with Crippen LogP contribution in [0.15, 0.2) is 200 Å². The average Bonchev–Trinajstić information content (AvgIpc) is 3.29. The van der Waals surface area contributed by atoms with Gasteiger partial charge in [-0.25, -0.2) is 0 Å². The van der Waals surface area contributed by atoms with Crippen molar-refractivity contribution in [2.24, 2.45) is 0 Å². The van der Waals surface area contributed by atoms with Crippen LogP contribution in [0.5, 0.6) is 0 Å². The van der Waals surface area contributed by atoms with Gasteiger partial charge in [-0.1, -0.05) is 200 Å². The molecule has 0 aromatic heterocycles. The van der Waals surface area contributed by atoms with Gasteiger partial charge in [0.1, 0.15) is 0 Å². The summed E-state index contributed by atoms with van der Waals surface area (Å²) in [7, 11) is 0. The molecule has 0 bridgehead atoms. The van der Waals surface area contributed by atoms with E-state index in [2.05, 4.69) is 206 Å². The van der Waals surface area contributed by atoms with Gasteiger partial charge in [0.05, 0.1) is 0 Å². The summed E-state index contributed by atoms with van der Waals surface area (Å²) >= 11 is 0. The molecule has 11 aromatic rings. The van der Waals surface area contributed by atoms with E-state index >= 15 is 0 Å². The Bertz CT molecular complexity index is 3370. The van der Waals surface area contributed by atoms with Gasteiger partial charge in [0.2, 0.25) is 0 Å². The molecule has 12 rings (SSSR count). The van der Waals surface area contributed by atoms with Crippen LogP contribution < -0.4 is 0 Å². The Morgan fingerprint density at radius 1 is 0.263 bits per heavy atom. The number of benzene rings is 11. The number of hydrogen-bond acceptors (Lipinski definition) is 0. The van der Waals surface area contributed by atoms with Crippen molar-refractivity contribution in [1.29, 1.82) is 0 Å². The molecule has 0 unspecified atom stereocenters. The number of rotatable bonds is 4. The van der Waals surface area contributed by atoms with E-state index in [1.165, 1.54) is 120 Å². The summed E-state index contributed by atoms with van der Waals surface area (Å²) in [5.74, 6) is 0. The minimum atomic E-state index is 0.934. The molecule has 0 radical (unpaired) electrons. The van der Waals surface area contributed by atoms with Gasteiger partial charge in [0.15, 0.2) is 0 Å². The molecule has 1 aliphatic rings. The molecule has 0 saturated heterocycles. The Balaban J connectivity index is 1.26. The third-order valence-corrected chi connectivity index (χ3v) is 12.4. The minimum Gasteiger partial charge on any atom is -0.0795 e. The van der Waals surface area contributed by atoms with Gasteiger partial charge in [0.25, 0.3) is 0 Å². The third kappa shape index (κ3) is 4.74. The lowest BCUT2D eigenvalue weighted by Crippen LogP contribution is -2.02. The van der Waals surface area contributed by atoms with Crippen molar-refractivity contribution in [1.82, 2.24) is 0 Å². The molecule has 264 valence electrons. The zero-order valence-electron chi connectivity index (χ0n) is 31.3. The van der Waals surface area contributed by atoms with Crippen molar-refractivity contribution in [2.45, 2.75) is 6.42 Å². The van der Waals surface area contributed by atoms with Crippen LogP contribution in [0.4, 0.5) is 0 Å². The molecular weight excluding hydrogens is 685 g/mol. The van der Waals surface area contributed by atoms with Crippen LogP contribution in [0.2, 0.25) is 0 Å². The summed E-state index contributed by atoms with van der Waals surface area (Å²) in [6.07, 6.45) is 5.67. The molecule has 0 aliphatic heterocycles. The second-order valence-electron chi connectivity index (χ2n) is 15.4. The van der Waals surface area contributed by atoms with Crippen molar-refractivity contribution < 1.29 is 0 Å². The topological polar surface area (TPSA) is 0 Å². The van der Waals surface area contributed by atoms with E-state index in [0.29, 0.717) is 0 Å². The molecule has 0 atom stereocenters. The molecule has 0 spiro atoms. The van der Waals surface area contributed by atoms with Crippen molar-refractivity contribution in [3.8, 4) is 44.5 Å².